The van der Waals surface area contributed by atoms with E-state index in [1.165, 1.54) is 0 Å². The number of hydrogen-bond acceptors (Lipinski definition) is 4. The second-order valence-corrected chi connectivity index (χ2v) is 5.30. The highest BCUT2D eigenvalue weighted by molar-refractivity contribution is 5.77. The maximum Gasteiger partial charge on any atom is 0.311 e. The van der Waals surface area contributed by atoms with Crippen LogP contribution in [-0.2, 0) is 4.79 Å². The molecule has 0 aromatic carbocycles. The van der Waals surface area contributed by atoms with Gasteiger partial charge in [-0.1, -0.05) is 13.8 Å². The quantitative estimate of drug-likeness (QED) is 0.897. The third-order valence-electron chi connectivity index (χ3n) is 4.06. The van der Waals surface area contributed by atoms with Crippen molar-refractivity contribution in [2.45, 2.75) is 20.3 Å². The highest BCUT2D eigenvalue weighted by Crippen LogP contribution is 2.39. The Morgan fingerprint density at radius 3 is 2.89 bits per heavy atom. The Morgan fingerprint density at radius 2 is 2.37 bits per heavy atom. The van der Waals surface area contributed by atoms with Gasteiger partial charge in [0.15, 0.2) is 0 Å². The lowest BCUT2D eigenvalue weighted by molar-refractivity contribution is -0.150. The molecule has 0 saturated carbocycles. The average molecular weight is 259 g/mol. The first kappa shape index (κ1) is 13.3. The average Bonchev–Trinajstić information content (AvgIpc) is 2.85. The summed E-state index contributed by atoms with van der Waals surface area (Å²) in [4.78, 5) is 17.5. The number of anilines is 1. The summed E-state index contributed by atoms with van der Waals surface area (Å²) < 4.78 is 0. The van der Waals surface area contributed by atoms with Gasteiger partial charge in [0.1, 0.15) is 11.8 Å². The van der Waals surface area contributed by atoms with E-state index in [1.807, 2.05) is 30.9 Å². The van der Waals surface area contributed by atoms with Gasteiger partial charge in [-0.2, -0.15) is 5.26 Å². The van der Waals surface area contributed by atoms with Crippen LogP contribution in [0.2, 0.25) is 0 Å². The van der Waals surface area contributed by atoms with Crippen molar-refractivity contribution in [2.75, 3.05) is 18.0 Å². The van der Waals surface area contributed by atoms with Crippen LogP contribution in [0.3, 0.4) is 0 Å². The van der Waals surface area contributed by atoms with Crippen LogP contribution >= 0.6 is 0 Å². The van der Waals surface area contributed by atoms with E-state index in [4.69, 9.17) is 5.26 Å². The Bertz CT molecular complexity index is 536. The summed E-state index contributed by atoms with van der Waals surface area (Å²) in [7, 11) is 0. The van der Waals surface area contributed by atoms with E-state index >= 15 is 0 Å². The lowest BCUT2D eigenvalue weighted by Crippen LogP contribution is -2.39. The summed E-state index contributed by atoms with van der Waals surface area (Å²) in [6.45, 7) is 5.07. The van der Waals surface area contributed by atoms with Crippen molar-refractivity contribution in [3.63, 3.8) is 0 Å². The van der Waals surface area contributed by atoms with Gasteiger partial charge in [0, 0.05) is 25.0 Å². The molecule has 1 fully saturated rings. The van der Waals surface area contributed by atoms with Crippen molar-refractivity contribution in [1.29, 1.82) is 5.26 Å². The monoisotopic (exact) mass is 259 g/mol. The van der Waals surface area contributed by atoms with Crippen LogP contribution < -0.4 is 4.90 Å². The first-order valence-electron chi connectivity index (χ1n) is 6.34. The number of nitriles is 1. The molecule has 1 saturated heterocycles. The predicted octanol–water partition coefficient (Wildman–Crippen LogP) is 1.89. The Morgan fingerprint density at radius 1 is 1.63 bits per heavy atom. The number of nitrogens with zero attached hydrogens (tertiary/aromatic N) is 3. The number of aromatic nitrogens is 1. The second-order valence-electron chi connectivity index (χ2n) is 5.30. The van der Waals surface area contributed by atoms with E-state index < -0.39 is 11.4 Å². The smallest absolute Gasteiger partial charge is 0.311 e. The molecule has 0 radical (unpaired) electrons. The van der Waals surface area contributed by atoms with Gasteiger partial charge >= 0.3 is 5.97 Å². The molecule has 1 aromatic rings. The summed E-state index contributed by atoms with van der Waals surface area (Å²) in [5, 5.41) is 18.4. The van der Waals surface area contributed by atoms with Crippen molar-refractivity contribution in [3.05, 3.63) is 24.0 Å². The maximum absolute atomic E-state index is 11.6. The van der Waals surface area contributed by atoms with Crippen molar-refractivity contribution in [2.24, 2.45) is 11.3 Å². The molecule has 1 atom stereocenters. The Hall–Kier alpha value is -2.09. The molecule has 1 aromatic heterocycles. The lowest BCUT2D eigenvalue weighted by Gasteiger charge is -2.29. The SMILES string of the molecule is CC(C)C1(C(=O)O)CCN(c2ccnc(C#N)c2)C1. The maximum atomic E-state index is 11.6. The molecule has 100 valence electrons. The van der Waals surface area contributed by atoms with Crippen LogP contribution in [0.25, 0.3) is 0 Å². The third-order valence-corrected chi connectivity index (χ3v) is 4.06. The molecule has 1 aliphatic heterocycles. The molecule has 5 heteroatoms. The normalized spacial score (nSPS) is 22.5. The van der Waals surface area contributed by atoms with Crippen molar-refractivity contribution in [1.82, 2.24) is 4.98 Å². The van der Waals surface area contributed by atoms with E-state index in [0.29, 0.717) is 25.2 Å². The van der Waals surface area contributed by atoms with E-state index in [-0.39, 0.29) is 5.92 Å². The number of aliphatic carboxylic acids is 1. The fourth-order valence-electron chi connectivity index (χ4n) is 2.62. The molecule has 0 amide bonds. The Kier molecular flexibility index (Phi) is 3.43. The molecule has 5 nitrogen and oxygen atoms in total. The molecular weight excluding hydrogens is 242 g/mol. The van der Waals surface area contributed by atoms with Crippen molar-refractivity contribution >= 4 is 11.7 Å². The minimum absolute atomic E-state index is 0.0762. The minimum Gasteiger partial charge on any atom is -0.481 e. The van der Waals surface area contributed by atoms with Gasteiger partial charge in [0.25, 0.3) is 0 Å². The molecule has 1 N–H and O–H groups in total. The zero-order valence-electron chi connectivity index (χ0n) is 11.1. The van der Waals surface area contributed by atoms with Gasteiger partial charge in [0.05, 0.1) is 5.41 Å². The lowest BCUT2D eigenvalue weighted by atomic mass is 9.76. The highest BCUT2D eigenvalue weighted by Gasteiger charge is 2.47. The first-order valence-corrected chi connectivity index (χ1v) is 6.34. The standard InChI is InChI=1S/C14H17N3O2/c1-10(2)14(13(18)19)4-6-17(9-14)12-3-5-16-11(7-12)8-15/h3,5,7,10H,4,6,9H2,1-2H3,(H,18,19). The van der Waals surface area contributed by atoms with Crippen LogP contribution in [-0.4, -0.2) is 29.1 Å². The molecule has 1 unspecified atom stereocenters. The number of carboxylic acids is 1. The van der Waals surface area contributed by atoms with E-state index in [1.54, 1.807) is 12.3 Å². The van der Waals surface area contributed by atoms with Crippen molar-refractivity contribution in [3.8, 4) is 6.07 Å². The topological polar surface area (TPSA) is 77.2 Å². The van der Waals surface area contributed by atoms with Crippen LogP contribution in [0.1, 0.15) is 26.0 Å². The predicted molar refractivity (Wildman–Crippen MR) is 70.7 cm³/mol. The van der Waals surface area contributed by atoms with Crippen LogP contribution in [0, 0.1) is 22.7 Å². The van der Waals surface area contributed by atoms with Gasteiger partial charge in [-0.25, -0.2) is 4.98 Å². The molecular formula is C14H17N3O2. The number of carbonyl (C=O) groups is 1. The summed E-state index contributed by atoms with van der Waals surface area (Å²) in [5.41, 5.74) is 0.529. The number of hydrogen-bond donors (Lipinski definition) is 1. The summed E-state index contributed by atoms with van der Waals surface area (Å²) in [6.07, 6.45) is 2.22. The zero-order chi connectivity index (χ0) is 14.0. The largest absolute Gasteiger partial charge is 0.481 e. The van der Waals surface area contributed by atoms with Crippen molar-refractivity contribution < 1.29 is 9.90 Å². The molecule has 0 bridgehead atoms. The zero-order valence-corrected chi connectivity index (χ0v) is 11.1. The third kappa shape index (κ3) is 2.26. The van der Waals surface area contributed by atoms with Gasteiger partial charge in [-0.05, 0) is 24.5 Å². The summed E-state index contributed by atoms with van der Waals surface area (Å²) in [6, 6.07) is 5.53. The Balaban J connectivity index is 2.26. The first-order chi connectivity index (χ1) is 8.99. The molecule has 19 heavy (non-hydrogen) atoms. The van der Waals surface area contributed by atoms with Gasteiger partial charge in [0.2, 0.25) is 0 Å². The highest BCUT2D eigenvalue weighted by atomic mass is 16.4. The van der Waals surface area contributed by atoms with Crippen LogP contribution in [0.4, 0.5) is 5.69 Å². The fourth-order valence-corrected chi connectivity index (χ4v) is 2.62. The van der Waals surface area contributed by atoms with E-state index in [9.17, 15) is 9.90 Å². The molecule has 2 heterocycles. The number of rotatable bonds is 3. The Labute approximate surface area is 112 Å². The van der Waals surface area contributed by atoms with Gasteiger partial charge < -0.3 is 10.0 Å². The molecule has 0 aliphatic carbocycles. The second kappa shape index (κ2) is 4.88. The van der Waals surface area contributed by atoms with Crippen LogP contribution in [0.15, 0.2) is 18.3 Å². The van der Waals surface area contributed by atoms with E-state index in [2.05, 4.69) is 4.98 Å². The van der Waals surface area contributed by atoms with Crippen LogP contribution in [0.5, 0.6) is 0 Å². The number of pyridine rings is 1. The molecule has 2 rings (SSSR count). The molecule has 0 spiro atoms. The summed E-state index contributed by atoms with van der Waals surface area (Å²) >= 11 is 0. The van der Waals surface area contributed by atoms with Gasteiger partial charge in [-0.15, -0.1) is 0 Å². The van der Waals surface area contributed by atoms with E-state index in [0.717, 1.165) is 5.69 Å². The number of carboxylic acid groups (broad SMARTS) is 1. The fraction of sp³-hybridized carbons (Fsp3) is 0.500. The molecule has 1 aliphatic rings. The van der Waals surface area contributed by atoms with Gasteiger partial charge in [-0.3, -0.25) is 4.79 Å². The minimum atomic E-state index is -0.737. The summed E-state index contributed by atoms with van der Waals surface area (Å²) in [5.74, 6) is -0.660.